The number of rotatable bonds is 9. The Morgan fingerprint density at radius 2 is 1.98 bits per heavy atom. The predicted molar refractivity (Wildman–Crippen MR) is 163 cm³/mol. The van der Waals surface area contributed by atoms with Crippen LogP contribution in [0.2, 0.25) is 5.02 Å². The summed E-state index contributed by atoms with van der Waals surface area (Å²) in [5, 5.41) is 0.330. The zero-order valence-corrected chi connectivity index (χ0v) is 26.2. The number of piperidine rings is 1. The number of carbonyl (C=O) groups is 1. The van der Waals surface area contributed by atoms with Gasteiger partial charge in [-0.3, -0.25) is 9.69 Å². The molecule has 4 heterocycles. The molecule has 4 atom stereocenters. The van der Waals surface area contributed by atoms with Crippen LogP contribution < -0.4 is 9.47 Å². The Balaban J connectivity index is 1.05. The molecule has 3 aliphatic heterocycles. The van der Waals surface area contributed by atoms with Crippen LogP contribution in [0.25, 0.3) is 0 Å². The van der Waals surface area contributed by atoms with Crippen LogP contribution in [0.1, 0.15) is 79.7 Å². The minimum absolute atomic E-state index is 0.0770. The maximum absolute atomic E-state index is 14.8. The second-order valence-corrected chi connectivity index (χ2v) is 13.0. The van der Waals surface area contributed by atoms with Gasteiger partial charge in [0, 0.05) is 35.7 Å². The molecule has 10 heteroatoms. The summed E-state index contributed by atoms with van der Waals surface area (Å²) in [7, 11) is 0. The van der Waals surface area contributed by atoms with Gasteiger partial charge in [-0.1, -0.05) is 23.7 Å². The molecule has 0 bridgehead atoms. The van der Waals surface area contributed by atoms with Crippen LogP contribution in [0.4, 0.5) is 4.39 Å². The molecule has 1 aliphatic carbocycles. The Labute approximate surface area is 262 Å². The number of esters is 1. The molecule has 0 spiro atoms. The van der Waals surface area contributed by atoms with Crippen molar-refractivity contribution >= 4 is 17.6 Å². The minimum atomic E-state index is -1.27. The lowest BCUT2D eigenvalue weighted by atomic mass is 9.88. The van der Waals surface area contributed by atoms with E-state index in [0.717, 1.165) is 75.6 Å². The predicted octanol–water partition coefficient (Wildman–Crippen LogP) is 6.46. The van der Waals surface area contributed by atoms with Crippen LogP contribution in [0.5, 0.6) is 11.5 Å². The molecule has 7 rings (SSSR count). The van der Waals surface area contributed by atoms with Gasteiger partial charge in [0.15, 0.2) is 11.5 Å². The summed E-state index contributed by atoms with van der Waals surface area (Å²) in [5.41, 5.74) is 3.58. The van der Waals surface area contributed by atoms with Gasteiger partial charge in [-0.2, -0.15) is 0 Å². The summed E-state index contributed by atoms with van der Waals surface area (Å²) in [6.45, 7) is 10.2. The number of carbonyl (C=O) groups excluding carboxylic acids is 1. The highest BCUT2D eigenvalue weighted by atomic mass is 35.5. The first-order chi connectivity index (χ1) is 21.2. The molecule has 2 unspecified atom stereocenters. The third-order valence-corrected chi connectivity index (χ3v) is 9.84. The third kappa shape index (κ3) is 5.48. The number of nitrogens with zero attached hydrogens (tertiary/aromatic N) is 3. The van der Waals surface area contributed by atoms with Gasteiger partial charge in [-0.25, -0.2) is 9.37 Å². The molecule has 3 fully saturated rings. The average molecular weight is 624 g/mol. The van der Waals surface area contributed by atoms with Crippen molar-refractivity contribution in [2.75, 3.05) is 26.3 Å². The number of hydrogen-bond acceptors (Lipinski definition) is 7. The van der Waals surface area contributed by atoms with E-state index in [0.29, 0.717) is 34.6 Å². The van der Waals surface area contributed by atoms with Crippen molar-refractivity contribution in [2.24, 2.45) is 5.92 Å². The lowest BCUT2D eigenvalue weighted by Crippen LogP contribution is -2.36. The van der Waals surface area contributed by atoms with Crippen molar-refractivity contribution in [1.82, 2.24) is 14.5 Å². The molecule has 0 N–H and O–H groups in total. The highest BCUT2D eigenvalue weighted by Crippen LogP contribution is 2.51. The van der Waals surface area contributed by atoms with Crippen LogP contribution in [-0.2, 0) is 33.1 Å². The highest BCUT2D eigenvalue weighted by Gasteiger charge is 2.48. The van der Waals surface area contributed by atoms with Gasteiger partial charge in [0.25, 0.3) is 5.79 Å². The van der Waals surface area contributed by atoms with Gasteiger partial charge in [-0.05, 0) is 82.8 Å². The molecule has 44 heavy (non-hydrogen) atoms. The van der Waals surface area contributed by atoms with E-state index >= 15 is 0 Å². The van der Waals surface area contributed by atoms with E-state index in [2.05, 4.69) is 22.5 Å². The first-order valence-electron chi connectivity index (χ1n) is 15.8. The summed E-state index contributed by atoms with van der Waals surface area (Å²) in [5.74, 6) is 0.917. The van der Waals surface area contributed by atoms with Crippen molar-refractivity contribution in [1.29, 1.82) is 0 Å². The van der Waals surface area contributed by atoms with Crippen LogP contribution in [0.3, 0.4) is 0 Å². The van der Waals surface area contributed by atoms with Gasteiger partial charge in [0.05, 0.1) is 43.0 Å². The number of hydrogen-bond donors (Lipinski definition) is 0. The van der Waals surface area contributed by atoms with E-state index in [4.69, 9.17) is 35.5 Å². The van der Waals surface area contributed by atoms with E-state index in [9.17, 15) is 9.18 Å². The van der Waals surface area contributed by atoms with Gasteiger partial charge < -0.3 is 23.5 Å². The van der Waals surface area contributed by atoms with Crippen molar-refractivity contribution in [3.63, 3.8) is 0 Å². The number of aryl methyl sites for hydroxylation is 1. The maximum atomic E-state index is 14.8. The van der Waals surface area contributed by atoms with Crippen LogP contribution >= 0.6 is 11.6 Å². The topological polar surface area (TPSA) is 75.0 Å². The summed E-state index contributed by atoms with van der Waals surface area (Å²) in [6, 6.07) is 10.5. The number of para-hydroxylation sites is 1. The lowest BCUT2D eigenvalue weighted by molar-refractivity contribution is -0.144. The quantitative estimate of drug-likeness (QED) is 0.253. The van der Waals surface area contributed by atoms with E-state index in [1.54, 1.807) is 19.1 Å². The molecular formula is C34H39ClFN3O5. The van der Waals surface area contributed by atoms with E-state index in [1.165, 1.54) is 11.8 Å². The third-order valence-electron chi connectivity index (χ3n) is 9.60. The fourth-order valence-corrected chi connectivity index (χ4v) is 7.28. The van der Waals surface area contributed by atoms with E-state index in [-0.39, 0.29) is 23.9 Å². The lowest BCUT2D eigenvalue weighted by Gasteiger charge is -2.33. The average Bonchev–Trinajstić information content (AvgIpc) is 3.58. The molecule has 8 nitrogen and oxygen atoms in total. The summed E-state index contributed by atoms with van der Waals surface area (Å²) < 4.78 is 40.9. The molecule has 2 saturated heterocycles. The molecule has 3 aromatic rings. The van der Waals surface area contributed by atoms with Crippen molar-refractivity contribution in [3.05, 3.63) is 75.6 Å². The number of halogens is 2. The summed E-state index contributed by atoms with van der Waals surface area (Å²) in [4.78, 5) is 20.0. The molecule has 1 aromatic heterocycles. The largest absolute Gasteiger partial charge is 0.466 e. The number of benzene rings is 2. The zero-order valence-electron chi connectivity index (χ0n) is 25.5. The molecule has 2 aromatic carbocycles. The Kier molecular flexibility index (Phi) is 7.83. The number of likely N-dealkylation sites (tertiary alicyclic amines) is 1. The standard InChI is InChI=1S/C34H39ClFN3O5/c1-4-41-33(40)26-17-25(26)31-20(2)37-30(39(31)18-23-12-15-42-23)19-38-13-10-21(11-14-38)24-6-5-7-29-32(24)44-34(3,43-29)27-9-8-22(35)16-28(27)36/h5-9,16,21,23,25-26H,4,10-15,17-19H2,1-3H3/t23-,25?,26?,34-/m0/s1. The number of fused-ring (bicyclic) bond motifs is 1. The van der Waals surface area contributed by atoms with Gasteiger partial charge in [0.1, 0.15) is 11.6 Å². The molecule has 0 radical (unpaired) electrons. The second kappa shape index (κ2) is 11.7. The second-order valence-electron chi connectivity index (χ2n) is 12.6. The number of ether oxygens (including phenoxy) is 4. The van der Waals surface area contributed by atoms with Gasteiger partial charge in [-0.15, -0.1) is 0 Å². The van der Waals surface area contributed by atoms with Crippen LogP contribution in [-0.4, -0.2) is 52.8 Å². The van der Waals surface area contributed by atoms with E-state index < -0.39 is 11.6 Å². The monoisotopic (exact) mass is 623 g/mol. The summed E-state index contributed by atoms with van der Waals surface area (Å²) >= 11 is 5.99. The SMILES string of the molecule is CCOC(=O)C1CC1c1c(C)nc(CN2CCC(c3cccc4c3O[C@@](C)(c3ccc(Cl)cc3F)O4)CC2)n1C[C@@H]1CCO1. The maximum Gasteiger partial charge on any atom is 0.309 e. The van der Waals surface area contributed by atoms with Crippen molar-refractivity contribution < 1.29 is 28.1 Å². The smallest absolute Gasteiger partial charge is 0.309 e. The fourth-order valence-electron chi connectivity index (χ4n) is 7.12. The first-order valence-corrected chi connectivity index (χ1v) is 16.1. The zero-order chi connectivity index (χ0) is 30.6. The molecule has 0 amide bonds. The van der Waals surface area contributed by atoms with Crippen molar-refractivity contribution in [3.8, 4) is 11.5 Å². The van der Waals surface area contributed by atoms with Crippen LogP contribution in [0.15, 0.2) is 36.4 Å². The number of imidazole rings is 1. The number of aromatic nitrogens is 2. The normalized spacial score (nSPS) is 26.4. The Hall–Kier alpha value is -3.14. The molecule has 1 saturated carbocycles. The van der Waals surface area contributed by atoms with Crippen molar-refractivity contribution in [2.45, 2.75) is 83.3 Å². The minimum Gasteiger partial charge on any atom is -0.466 e. The first kappa shape index (κ1) is 29.6. The highest BCUT2D eigenvalue weighted by molar-refractivity contribution is 6.30. The molecule has 4 aliphatic rings. The Bertz CT molecular complexity index is 1570. The summed E-state index contributed by atoms with van der Waals surface area (Å²) in [6.07, 6.45) is 3.97. The van der Waals surface area contributed by atoms with E-state index in [1.807, 2.05) is 19.1 Å². The Morgan fingerprint density at radius 1 is 1.18 bits per heavy atom. The van der Waals surface area contributed by atoms with Crippen LogP contribution in [0, 0.1) is 18.7 Å². The van der Waals surface area contributed by atoms with Gasteiger partial charge in [0.2, 0.25) is 0 Å². The Morgan fingerprint density at radius 3 is 2.68 bits per heavy atom. The molecule has 234 valence electrons. The fraction of sp³-hybridized carbons (Fsp3) is 0.529. The van der Waals surface area contributed by atoms with Gasteiger partial charge >= 0.3 is 5.97 Å². The molecular weight excluding hydrogens is 585 g/mol.